The van der Waals surface area contributed by atoms with Gasteiger partial charge in [-0.2, -0.15) is 5.10 Å². The predicted molar refractivity (Wildman–Crippen MR) is 88.6 cm³/mol. The van der Waals surface area contributed by atoms with Crippen LogP contribution in [0.15, 0.2) is 42.6 Å². The van der Waals surface area contributed by atoms with Crippen LogP contribution >= 0.6 is 0 Å². The van der Waals surface area contributed by atoms with E-state index in [9.17, 15) is 0 Å². The fraction of sp³-hybridized carbons (Fsp3) is 0.278. The molecular weight excluding hydrogens is 286 g/mol. The van der Waals surface area contributed by atoms with Crippen molar-refractivity contribution in [2.24, 2.45) is 0 Å². The van der Waals surface area contributed by atoms with Crippen LogP contribution in [-0.4, -0.2) is 31.6 Å². The molecule has 2 aromatic heterocycles. The Hall–Kier alpha value is -2.53. The van der Waals surface area contributed by atoms with Crippen LogP contribution in [0.1, 0.15) is 22.6 Å². The monoisotopic (exact) mass is 305 g/mol. The zero-order valence-corrected chi connectivity index (χ0v) is 13.2. The van der Waals surface area contributed by atoms with E-state index in [0.717, 1.165) is 48.8 Å². The van der Waals surface area contributed by atoms with E-state index in [4.69, 9.17) is 4.98 Å². The van der Waals surface area contributed by atoms with Crippen LogP contribution in [0.25, 0.3) is 11.4 Å². The van der Waals surface area contributed by atoms with Crippen LogP contribution in [0.4, 0.5) is 0 Å². The normalized spacial score (nSPS) is 14.7. The molecule has 0 fully saturated rings. The molecule has 116 valence electrons. The maximum Gasteiger partial charge on any atom is 0.159 e. The highest BCUT2D eigenvalue weighted by molar-refractivity contribution is 5.54. The van der Waals surface area contributed by atoms with Crippen molar-refractivity contribution in [3.63, 3.8) is 0 Å². The molecule has 4 rings (SSSR count). The molecule has 1 aliphatic heterocycles. The van der Waals surface area contributed by atoms with Crippen molar-refractivity contribution in [1.82, 2.24) is 25.1 Å². The van der Waals surface area contributed by atoms with Gasteiger partial charge in [0.2, 0.25) is 0 Å². The lowest BCUT2D eigenvalue weighted by atomic mass is 10.1. The molecule has 23 heavy (non-hydrogen) atoms. The molecule has 3 heterocycles. The van der Waals surface area contributed by atoms with E-state index in [1.54, 1.807) is 0 Å². The van der Waals surface area contributed by atoms with Gasteiger partial charge in [-0.1, -0.05) is 30.3 Å². The third-order valence-electron chi connectivity index (χ3n) is 4.19. The summed E-state index contributed by atoms with van der Waals surface area (Å²) < 4.78 is 0. The Morgan fingerprint density at radius 2 is 2.09 bits per heavy atom. The maximum atomic E-state index is 4.77. The molecule has 0 spiro atoms. The summed E-state index contributed by atoms with van der Waals surface area (Å²) >= 11 is 0. The van der Waals surface area contributed by atoms with Gasteiger partial charge >= 0.3 is 0 Å². The summed E-state index contributed by atoms with van der Waals surface area (Å²) in [5.41, 5.74) is 5.67. The molecule has 0 radical (unpaired) electrons. The number of nitrogens with one attached hydrogen (secondary N) is 1. The number of benzene rings is 1. The Morgan fingerprint density at radius 3 is 2.87 bits per heavy atom. The van der Waals surface area contributed by atoms with Gasteiger partial charge in [0.15, 0.2) is 5.82 Å². The van der Waals surface area contributed by atoms with E-state index in [2.05, 4.69) is 38.3 Å². The van der Waals surface area contributed by atoms with Crippen molar-refractivity contribution in [2.75, 3.05) is 6.54 Å². The minimum atomic E-state index is 0.820. The molecule has 0 atom stereocenters. The second-order valence-electron chi connectivity index (χ2n) is 6.03. The number of hydrogen-bond donors (Lipinski definition) is 1. The smallest absolute Gasteiger partial charge is 0.159 e. The molecular formula is C18H19N5. The fourth-order valence-corrected chi connectivity index (χ4v) is 3.02. The summed E-state index contributed by atoms with van der Waals surface area (Å²) in [6.07, 6.45) is 2.94. The van der Waals surface area contributed by atoms with Crippen LogP contribution in [0.3, 0.4) is 0 Å². The summed E-state index contributed by atoms with van der Waals surface area (Å²) in [7, 11) is 0. The summed E-state index contributed by atoms with van der Waals surface area (Å²) in [6, 6.07) is 12.3. The number of aromatic nitrogens is 4. The van der Waals surface area contributed by atoms with Crippen LogP contribution in [0.2, 0.25) is 0 Å². The molecule has 1 aliphatic rings. The lowest BCUT2D eigenvalue weighted by Crippen LogP contribution is -2.31. The van der Waals surface area contributed by atoms with Gasteiger partial charge in [-0.3, -0.25) is 10.00 Å². The van der Waals surface area contributed by atoms with Crippen molar-refractivity contribution in [1.29, 1.82) is 0 Å². The first-order valence-electron chi connectivity index (χ1n) is 7.91. The standard InChI is InChI=1S/C18H19N5/c1-13-9-16(22-21-13)12-23-8-7-17-15(11-23)10-19-18(20-17)14-5-3-2-4-6-14/h2-6,9-10H,7-8,11-12H2,1H3,(H,21,22). The van der Waals surface area contributed by atoms with E-state index in [1.807, 2.05) is 31.3 Å². The van der Waals surface area contributed by atoms with Gasteiger partial charge < -0.3 is 0 Å². The quantitative estimate of drug-likeness (QED) is 0.808. The molecule has 0 bridgehead atoms. The highest BCUT2D eigenvalue weighted by atomic mass is 15.2. The van der Waals surface area contributed by atoms with Gasteiger partial charge in [-0.15, -0.1) is 0 Å². The summed E-state index contributed by atoms with van der Waals surface area (Å²) in [5.74, 6) is 0.820. The Bertz CT molecular complexity index is 809. The Balaban J connectivity index is 1.52. The van der Waals surface area contributed by atoms with Crippen LogP contribution in [-0.2, 0) is 19.5 Å². The zero-order chi connectivity index (χ0) is 15.6. The average molecular weight is 305 g/mol. The van der Waals surface area contributed by atoms with Crippen LogP contribution < -0.4 is 0 Å². The number of fused-ring (bicyclic) bond motifs is 1. The number of H-pyrrole nitrogens is 1. The second kappa shape index (κ2) is 5.93. The average Bonchev–Trinajstić information content (AvgIpc) is 3.00. The van der Waals surface area contributed by atoms with E-state index >= 15 is 0 Å². The molecule has 0 saturated heterocycles. The fourth-order valence-electron chi connectivity index (χ4n) is 3.02. The van der Waals surface area contributed by atoms with Crippen LogP contribution in [0, 0.1) is 6.92 Å². The zero-order valence-electron chi connectivity index (χ0n) is 13.2. The Morgan fingerprint density at radius 1 is 1.22 bits per heavy atom. The van der Waals surface area contributed by atoms with Crippen molar-refractivity contribution < 1.29 is 0 Å². The number of aromatic amines is 1. The SMILES string of the molecule is Cc1cc(CN2CCc3nc(-c4ccccc4)ncc3C2)n[nH]1. The van der Waals surface area contributed by atoms with Crippen molar-refractivity contribution >= 4 is 0 Å². The lowest BCUT2D eigenvalue weighted by Gasteiger charge is -2.27. The first-order valence-corrected chi connectivity index (χ1v) is 7.91. The highest BCUT2D eigenvalue weighted by Gasteiger charge is 2.19. The third kappa shape index (κ3) is 3.00. The van der Waals surface area contributed by atoms with Gasteiger partial charge in [0, 0.05) is 49.1 Å². The first-order chi connectivity index (χ1) is 11.3. The lowest BCUT2D eigenvalue weighted by molar-refractivity contribution is 0.240. The van der Waals surface area contributed by atoms with E-state index in [1.165, 1.54) is 11.3 Å². The molecule has 0 unspecified atom stereocenters. The molecule has 3 aromatic rings. The number of aryl methyl sites for hydroxylation is 1. The van der Waals surface area contributed by atoms with E-state index < -0.39 is 0 Å². The minimum absolute atomic E-state index is 0.820. The molecule has 1 N–H and O–H groups in total. The Labute approximate surface area is 135 Å². The maximum absolute atomic E-state index is 4.77. The molecule has 1 aromatic carbocycles. The van der Waals surface area contributed by atoms with Gasteiger partial charge in [-0.25, -0.2) is 9.97 Å². The third-order valence-corrected chi connectivity index (χ3v) is 4.19. The second-order valence-corrected chi connectivity index (χ2v) is 6.03. The van der Waals surface area contributed by atoms with E-state index in [0.29, 0.717) is 0 Å². The number of hydrogen-bond acceptors (Lipinski definition) is 4. The summed E-state index contributed by atoms with van der Waals surface area (Å²) in [6.45, 7) is 4.78. The van der Waals surface area contributed by atoms with Crippen molar-refractivity contribution in [3.8, 4) is 11.4 Å². The summed E-state index contributed by atoms with van der Waals surface area (Å²) in [5, 5.41) is 7.32. The molecule has 0 saturated carbocycles. The van der Waals surface area contributed by atoms with Gasteiger partial charge in [-0.05, 0) is 13.0 Å². The molecule has 0 amide bonds. The van der Waals surface area contributed by atoms with Gasteiger partial charge in [0.25, 0.3) is 0 Å². The van der Waals surface area contributed by atoms with Crippen molar-refractivity contribution in [3.05, 3.63) is 65.2 Å². The highest BCUT2D eigenvalue weighted by Crippen LogP contribution is 2.21. The molecule has 5 heteroatoms. The largest absolute Gasteiger partial charge is 0.293 e. The van der Waals surface area contributed by atoms with Crippen LogP contribution in [0.5, 0.6) is 0 Å². The number of rotatable bonds is 3. The topological polar surface area (TPSA) is 57.7 Å². The van der Waals surface area contributed by atoms with Gasteiger partial charge in [0.05, 0.1) is 11.4 Å². The molecule has 5 nitrogen and oxygen atoms in total. The Kier molecular flexibility index (Phi) is 3.63. The number of nitrogens with zero attached hydrogens (tertiary/aromatic N) is 4. The van der Waals surface area contributed by atoms with Gasteiger partial charge in [0.1, 0.15) is 0 Å². The first kappa shape index (κ1) is 14.1. The summed E-state index contributed by atoms with van der Waals surface area (Å²) in [4.78, 5) is 11.7. The predicted octanol–water partition coefficient (Wildman–Crippen LogP) is 2.73. The molecule has 0 aliphatic carbocycles. The minimum Gasteiger partial charge on any atom is -0.293 e. The van der Waals surface area contributed by atoms with Crippen molar-refractivity contribution in [2.45, 2.75) is 26.4 Å². The van der Waals surface area contributed by atoms with E-state index in [-0.39, 0.29) is 0 Å².